The van der Waals surface area contributed by atoms with Crippen LogP contribution in [0.4, 0.5) is 5.82 Å². The highest BCUT2D eigenvalue weighted by Crippen LogP contribution is 2.16. The Kier molecular flexibility index (Phi) is 4.97. The van der Waals surface area contributed by atoms with Gasteiger partial charge in [-0.05, 0) is 45.0 Å². The van der Waals surface area contributed by atoms with Crippen molar-refractivity contribution in [2.24, 2.45) is 0 Å². The van der Waals surface area contributed by atoms with E-state index in [2.05, 4.69) is 10.3 Å². The highest BCUT2D eigenvalue weighted by atomic mass is 16.3. The minimum atomic E-state index is -0.136. The van der Waals surface area contributed by atoms with E-state index in [1.165, 1.54) is 6.26 Å². The molecule has 26 heavy (non-hydrogen) atoms. The molecule has 1 saturated heterocycles. The first kappa shape index (κ1) is 18.0. The molecule has 1 N–H and O–H groups in total. The van der Waals surface area contributed by atoms with Crippen molar-refractivity contribution >= 4 is 17.6 Å². The predicted octanol–water partition coefficient (Wildman–Crippen LogP) is 2.48. The van der Waals surface area contributed by atoms with Gasteiger partial charge in [-0.2, -0.15) is 0 Å². The Hall–Kier alpha value is -2.83. The molecular formula is C19H24N4O3. The third-order valence-corrected chi connectivity index (χ3v) is 4.10. The monoisotopic (exact) mass is 356 g/mol. The SMILES string of the molecule is CC(C)(C)Nc1cc(C(=O)N2CCN(C(=O)c3ccco3)CC2)ccn1. The zero-order chi connectivity index (χ0) is 18.7. The summed E-state index contributed by atoms with van der Waals surface area (Å²) in [6.45, 7) is 8.09. The molecule has 2 aromatic heterocycles. The van der Waals surface area contributed by atoms with Crippen molar-refractivity contribution in [1.29, 1.82) is 0 Å². The van der Waals surface area contributed by atoms with E-state index in [0.717, 1.165) is 0 Å². The smallest absolute Gasteiger partial charge is 0.289 e. The molecule has 1 aliphatic rings. The van der Waals surface area contributed by atoms with Crippen LogP contribution in [0.5, 0.6) is 0 Å². The molecule has 0 aromatic carbocycles. The second-order valence-electron chi connectivity index (χ2n) is 7.37. The number of hydrogen-bond acceptors (Lipinski definition) is 5. The lowest BCUT2D eigenvalue weighted by Gasteiger charge is -2.34. The molecule has 0 saturated carbocycles. The lowest BCUT2D eigenvalue weighted by atomic mass is 10.1. The van der Waals surface area contributed by atoms with Crippen molar-refractivity contribution in [3.05, 3.63) is 48.0 Å². The summed E-state index contributed by atoms with van der Waals surface area (Å²) in [6, 6.07) is 6.84. The van der Waals surface area contributed by atoms with Gasteiger partial charge in [0.15, 0.2) is 5.76 Å². The molecule has 2 aromatic rings. The van der Waals surface area contributed by atoms with Crippen molar-refractivity contribution in [2.75, 3.05) is 31.5 Å². The van der Waals surface area contributed by atoms with E-state index in [1.54, 1.807) is 40.3 Å². The van der Waals surface area contributed by atoms with Crippen molar-refractivity contribution in [1.82, 2.24) is 14.8 Å². The van der Waals surface area contributed by atoms with Gasteiger partial charge in [-0.15, -0.1) is 0 Å². The Morgan fingerprint density at radius 1 is 1.08 bits per heavy atom. The minimum Gasteiger partial charge on any atom is -0.459 e. The van der Waals surface area contributed by atoms with Crippen molar-refractivity contribution in [3.63, 3.8) is 0 Å². The normalized spacial score (nSPS) is 15.0. The fourth-order valence-electron chi connectivity index (χ4n) is 2.87. The average Bonchev–Trinajstić information content (AvgIpc) is 3.14. The Morgan fingerprint density at radius 2 is 1.73 bits per heavy atom. The van der Waals surface area contributed by atoms with E-state index in [0.29, 0.717) is 43.3 Å². The van der Waals surface area contributed by atoms with Gasteiger partial charge in [0.25, 0.3) is 11.8 Å². The van der Waals surface area contributed by atoms with Crippen LogP contribution in [0.25, 0.3) is 0 Å². The number of piperazine rings is 1. The third kappa shape index (κ3) is 4.22. The molecular weight excluding hydrogens is 332 g/mol. The first-order valence-corrected chi connectivity index (χ1v) is 8.70. The summed E-state index contributed by atoms with van der Waals surface area (Å²) in [4.78, 5) is 32.8. The van der Waals surface area contributed by atoms with Crippen LogP contribution in [0.3, 0.4) is 0 Å². The average molecular weight is 356 g/mol. The molecule has 1 aliphatic heterocycles. The summed E-state index contributed by atoms with van der Waals surface area (Å²) in [5.74, 6) is 0.823. The van der Waals surface area contributed by atoms with Gasteiger partial charge in [-0.3, -0.25) is 9.59 Å². The number of nitrogens with zero attached hydrogens (tertiary/aromatic N) is 3. The van der Waals surface area contributed by atoms with Crippen LogP contribution in [-0.2, 0) is 0 Å². The summed E-state index contributed by atoms with van der Waals surface area (Å²) in [5.41, 5.74) is 0.463. The second-order valence-corrected chi connectivity index (χ2v) is 7.37. The number of carbonyl (C=O) groups excluding carboxylic acids is 2. The second kappa shape index (κ2) is 7.19. The van der Waals surface area contributed by atoms with E-state index in [9.17, 15) is 9.59 Å². The number of carbonyl (C=O) groups is 2. The first-order valence-electron chi connectivity index (χ1n) is 8.70. The van der Waals surface area contributed by atoms with Crippen molar-refractivity contribution in [3.8, 4) is 0 Å². The van der Waals surface area contributed by atoms with Gasteiger partial charge in [0.1, 0.15) is 5.82 Å². The molecule has 0 radical (unpaired) electrons. The lowest BCUT2D eigenvalue weighted by molar-refractivity contribution is 0.0518. The number of furan rings is 1. The number of rotatable bonds is 3. The fraction of sp³-hybridized carbons (Fsp3) is 0.421. The summed E-state index contributed by atoms with van der Waals surface area (Å²) in [6.07, 6.45) is 3.12. The van der Waals surface area contributed by atoms with Crippen LogP contribution >= 0.6 is 0 Å². The Morgan fingerprint density at radius 3 is 2.31 bits per heavy atom. The number of pyridine rings is 1. The minimum absolute atomic E-state index is 0.0468. The Bertz CT molecular complexity index is 772. The van der Waals surface area contributed by atoms with Crippen LogP contribution < -0.4 is 5.32 Å². The van der Waals surface area contributed by atoms with E-state index < -0.39 is 0 Å². The molecule has 3 rings (SSSR count). The van der Waals surface area contributed by atoms with Gasteiger partial charge in [0.05, 0.1) is 6.26 Å². The van der Waals surface area contributed by atoms with Gasteiger partial charge in [0.2, 0.25) is 0 Å². The topological polar surface area (TPSA) is 78.7 Å². The quantitative estimate of drug-likeness (QED) is 0.914. The molecule has 0 unspecified atom stereocenters. The maximum Gasteiger partial charge on any atom is 0.289 e. The molecule has 3 heterocycles. The molecule has 7 nitrogen and oxygen atoms in total. The molecule has 2 amide bonds. The maximum absolute atomic E-state index is 12.8. The predicted molar refractivity (Wildman–Crippen MR) is 98.1 cm³/mol. The Balaban J connectivity index is 1.62. The zero-order valence-corrected chi connectivity index (χ0v) is 15.4. The molecule has 0 bridgehead atoms. The van der Waals surface area contributed by atoms with Gasteiger partial charge in [0, 0.05) is 43.5 Å². The molecule has 0 aliphatic carbocycles. The van der Waals surface area contributed by atoms with Crippen molar-refractivity contribution < 1.29 is 14.0 Å². The third-order valence-electron chi connectivity index (χ3n) is 4.10. The summed E-state index contributed by atoms with van der Waals surface area (Å²) >= 11 is 0. The molecule has 1 fully saturated rings. The zero-order valence-electron chi connectivity index (χ0n) is 15.4. The summed E-state index contributed by atoms with van der Waals surface area (Å²) < 4.78 is 5.16. The fourth-order valence-corrected chi connectivity index (χ4v) is 2.87. The van der Waals surface area contributed by atoms with Crippen LogP contribution in [0.15, 0.2) is 41.1 Å². The number of anilines is 1. The molecule has 0 spiro atoms. The van der Waals surface area contributed by atoms with Gasteiger partial charge in [-0.1, -0.05) is 0 Å². The Labute approximate surface area is 153 Å². The van der Waals surface area contributed by atoms with E-state index in [-0.39, 0.29) is 17.4 Å². The van der Waals surface area contributed by atoms with Gasteiger partial charge in [-0.25, -0.2) is 4.98 Å². The van der Waals surface area contributed by atoms with E-state index in [4.69, 9.17) is 4.42 Å². The summed E-state index contributed by atoms with van der Waals surface area (Å²) in [5, 5.41) is 3.27. The van der Waals surface area contributed by atoms with Crippen molar-refractivity contribution in [2.45, 2.75) is 26.3 Å². The number of hydrogen-bond donors (Lipinski definition) is 1. The highest BCUT2D eigenvalue weighted by molar-refractivity contribution is 5.95. The lowest BCUT2D eigenvalue weighted by Crippen LogP contribution is -2.50. The van der Waals surface area contributed by atoms with Crippen LogP contribution in [0, 0.1) is 0 Å². The van der Waals surface area contributed by atoms with E-state index in [1.807, 2.05) is 20.8 Å². The standard InChI is InChI=1S/C19H24N4O3/c1-19(2,3)21-16-13-14(6-7-20-16)17(24)22-8-10-23(11-9-22)18(25)15-5-4-12-26-15/h4-7,12-13H,8-11H2,1-3H3,(H,20,21). The highest BCUT2D eigenvalue weighted by Gasteiger charge is 2.26. The molecule has 0 atom stereocenters. The van der Waals surface area contributed by atoms with Crippen LogP contribution in [0.2, 0.25) is 0 Å². The molecule has 138 valence electrons. The van der Waals surface area contributed by atoms with Gasteiger partial charge >= 0.3 is 0 Å². The van der Waals surface area contributed by atoms with Gasteiger partial charge < -0.3 is 19.5 Å². The molecule has 7 heteroatoms. The summed E-state index contributed by atoms with van der Waals surface area (Å²) in [7, 11) is 0. The van der Waals surface area contributed by atoms with Crippen LogP contribution in [0.1, 0.15) is 41.7 Å². The number of aromatic nitrogens is 1. The first-order chi connectivity index (χ1) is 12.3. The van der Waals surface area contributed by atoms with E-state index >= 15 is 0 Å². The maximum atomic E-state index is 12.8. The number of nitrogens with one attached hydrogen (secondary N) is 1. The largest absolute Gasteiger partial charge is 0.459 e. The number of amides is 2. The van der Waals surface area contributed by atoms with Crippen LogP contribution in [-0.4, -0.2) is 58.3 Å².